The van der Waals surface area contributed by atoms with Gasteiger partial charge in [0.1, 0.15) is 17.9 Å². The third-order valence-corrected chi connectivity index (χ3v) is 3.81. The third-order valence-electron chi connectivity index (χ3n) is 3.81. The molecule has 1 aliphatic rings. The molecule has 1 aliphatic heterocycles. The van der Waals surface area contributed by atoms with Crippen molar-refractivity contribution in [1.82, 2.24) is 19.7 Å². The maximum atomic E-state index is 6.00. The first kappa shape index (κ1) is 13.1. The molecular formula is C14H19N5O. The van der Waals surface area contributed by atoms with Crippen LogP contribution in [0.3, 0.4) is 0 Å². The van der Waals surface area contributed by atoms with E-state index in [1.165, 1.54) is 5.56 Å². The molecule has 0 bridgehead atoms. The number of fused-ring (bicyclic) bond motifs is 1. The first-order valence-corrected chi connectivity index (χ1v) is 6.76. The second kappa shape index (κ2) is 5.60. The van der Waals surface area contributed by atoms with Gasteiger partial charge in [0, 0.05) is 25.7 Å². The minimum absolute atomic E-state index is 0.176. The lowest BCUT2D eigenvalue weighted by molar-refractivity contribution is 0.156. The molecule has 2 N–H and O–H groups in total. The predicted octanol–water partition coefficient (Wildman–Crippen LogP) is 0.802. The number of nitrogens with two attached hydrogens (primary N) is 1. The van der Waals surface area contributed by atoms with Crippen molar-refractivity contribution in [2.24, 2.45) is 5.73 Å². The Morgan fingerprint density at radius 3 is 3.10 bits per heavy atom. The van der Waals surface area contributed by atoms with Gasteiger partial charge in [0.15, 0.2) is 0 Å². The lowest BCUT2D eigenvalue weighted by Crippen LogP contribution is -2.39. The van der Waals surface area contributed by atoms with Crippen LogP contribution in [0, 0.1) is 0 Å². The number of hydrogen-bond acceptors (Lipinski definition) is 5. The van der Waals surface area contributed by atoms with Gasteiger partial charge in [0.05, 0.1) is 13.7 Å². The van der Waals surface area contributed by atoms with Crippen LogP contribution in [0.1, 0.15) is 17.4 Å². The number of methoxy groups -OCH3 is 1. The van der Waals surface area contributed by atoms with E-state index in [4.69, 9.17) is 10.5 Å². The molecule has 6 heteroatoms. The normalized spacial score (nSPS) is 16.7. The lowest BCUT2D eigenvalue weighted by Gasteiger charge is -2.34. The molecule has 0 aliphatic carbocycles. The second-order valence-corrected chi connectivity index (χ2v) is 4.94. The topological polar surface area (TPSA) is 69.2 Å². The number of rotatable bonds is 4. The van der Waals surface area contributed by atoms with E-state index >= 15 is 0 Å². The van der Waals surface area contributed by atoms with E-state index < -0.39 is 0 Å². The summed E-state index contributed by atoms with van der Waals surface area (Å²) in [5.74, 6) is 1.86. The molecular weight excluding hydrogens is 254 g/mol. The van der Waals surface area contributed by atoms with Crippen LogP contribution in [0.4, 0.5) is 0 Å². The van der Waals surface area contributed by atoms with Crippen molar-refractivity contribution in [1.29, 1.82) is 0 Å². The molecule has 1 atom stereocenters. The second-order valence-electron chi connectivity index (χ2n) is 4.94. The van der Waals surface area contributed by atoms with E-state index in [1.54, 1.807) is 13.4 Å². The predicted molar refractivity (Wildman–Crippen MR) is 75.2 cm³/mol. The van der Waals surface area contributed by atoms with Crippen LogP contribution < -0.4 is 10.5 Å². The van der Waals surface area contributed by atoms with Crippen LogP contribution in [0.2, 0.25) is 0 Å². The summed E-state index contributed by atoms with van der Waals surface area (Å²) in [5, 5.41) is 8.12. The zero-order valence-electron chi connectivity index (χ0n) is 11.6. The number of ether oxygens (including phenoxy) is 1. The van der Waals surface area contributed by atoms with Crippen molar-refractivity contribution < 1.29 is 4.74 Å². The Hall–Kier alpha value is -1.92. The summed E-state index contributed by atoms with van der Waals surface area (Å²) in [7, 11) is 1.68. The summed E-state index contributed by atoms with van der Waals surface area (Å²) in [6.45, 7) is 3.20. The number of hydrogen-bond donors (Lipinski definition) is 1. The van der Waals surface area contributed by atoms with Gasteiger partial charge in [-0.2, -0.15) is 0 Å². The monoisotopic (exact) mass is 273 g/mol. The molecule has 3 rings (SSSR count). The summed E-state index contributed by atoms with van der Waals surface area (Å²) in [5.41, 5.74) is 7.18. The van der Waals surface area contributed by atoms with Crippen LogP contribution >= 0.6 is 0 Å². The quantitative estimate of drug-likeness (QED) is 0.892. The van der Waals surface area contributed by atoms with E-state index in [0.717, 1.165) is 31.2 Å². The average molecular weight is 273 g/mol. The maximum Gasteiger partial charge on any atom is 0.147 e. The number of nitrogens with zero attached hydrogens (tertiary/aromatic N) is 4. The van der Waals surface area contributed by atoms with Gasteiger partial charge in [-0.1, -0.05) is 12.1 Å². The summed E-state index contributed by atoms with van der Waals surface area (Å²) < 4.78 is 7.39. The fourth-order valence-electron chi connectivity index (χ4n) is 2.70. The molecule has 0 radical (unpaired) electrons. The highest BCUT2D eigenvalue weighted by molar-refractivity contribution is 5.31. The molecule has 0 saturated carbocycles. The summed E-state index contributed by atoms with van der Waals surface area (Å²) in [4.78, 5) is 2.35. The Kier molecular flexibility index (Phi) is 3.66. The van der Waals surface area contributed by atoms with Gasteiger partial charge in [-0.15, -0.1) is 10.2 Å². The maximum absolute atomic E-state index is 6.00. The van der Waals surface area contributed by atoms with Crippen molar-refractivity contribution in [3.8, 4) is 5.75 Å². The van der Waals surface area contributed by atoms with Crippen molar-refractivity contribution in [3.05, 3.63) is 42.0 Å². The molecule has 0 fully saturated rings. The smallest absolute Gasteiger partial charge is 0.147 e. The molecule has 0 spiro atoms. The van der Waals surface area contributed by atoms with Gasteiger partial charge in [0.25, 0.3) is 0 Å². The minimum Gasteiger partial charge on any atom is -0.497 e. The standard InChI is InChI=1S/C14H19N5O/c1-20-12-4-2-3-11(7-12)13(8-15)18-5-6-19-10-16-17-14(19)9-18/h2-4,7,10,13H,5-6,8-9,15H2,1H3. The largest absolute Gasteiger partial charge is 0.497 e. The van der Waals surface area contributed by atoms with Crippen LogP contribution in [0.5, 0.6) is 5.75 Å². The van der Waals surface area contributed by atoms with E-state index in [9.17, 15) is 0 Å². The van der Waals surface area contributed by atoms with Crippen molar-refractivity contribution in [3.63, 3.8) is 0 Å². The molecule has 20 heavy (non-hydrogen) atoms. The van der Waals surface area contributed by atoms with E-state index in [1.807, 2.05) is 12.1 Å². The number of aromatic nitrogens is 3. The van der Waals surface area contributed by atoms with Crippen molar-refractivity contribution >= 4 is 0 Å². The molecule has 2 heterocycles. The van der Waals surface area contributed by atoms with Gasteiger partial charge in [-0.25, -0.2) is 0 Å². The highest BCUT2D eigenvalue weighted by atomic mass is 16.5. The van der Waals surface area contributed by atoms with Gasteiger partial charge >= 0.3 is 0 Å². The Labute approximate surface area is 118 Å². The fourth-order valence-corrected chi connectivity index (χ4v) is 2.70. The van der Waals surface area contributed by atoms with Gasteiger partial charge in [-0.3, -0.25) is 4.90 Å². The molecule has 0 saturated heterocycles. The van der Waals surface area contributed by atoms with E-state index in [-0.39, 0.29) is 6.04 Å². The molecule has 1 aromatic carbocycles. The molecule has 1 aromatic heterocycles. The number of benzene rings is 1. The Balaban J connectivity index is 1.83. The fraction of sp³-hybridized carbons (Fsp3) is 0.429. The highest BCUT2D eigenvalue weighted by Gasteiger charge is 2.25. The minimum atomic E-state index is 0.176. The summed E-state index contributed by atoms with van der Waals surface area (Å²) in [6.07, 6.45) is 1.79. The lowest BCUT2D eigenvalue weighted by atomic mass is 10.0. The summed E-state index contributed by atoms with van der Waals surface area (Å²) >= 11 is 0. The van der Waals surface area contributed by atoms with Crippen LogP contribution in [0.25, 0.3) is 0 Å². The Bertz CT molecular complexity index is 582. The Morgan fingerprint density at radius 2 is 2.30 bits per heavy atom. The van der Waals surface area contributed by atoms with E-state index in [2.05, 4.69) is 31.8 Å². The van der Waals surface area contributed by atoms with Gasteiger partial charge < -0.3 is 15.0 Å². The van der Waals surface area contributed by atoms with Crippen LogP contribution in [-0.2, 0) is 13.1 Å². The zero-order valence-corrected chi connectivity index (χ0v) is 11.6. The molecule has 2 aromatic rings. The molecule has 6 nitrogen and oxygen atoms in total. The van der Waals surface area contributed by atoms with E-state index in [0.29, 0.717) is 6.54 Å². The zero-order chi connectivity index (χ0) is 13.9. The molecule has 1 unspecified atom stereocenters. The molecule has 106 valence electrons. The Morgan fingerprint density at radius 1 is 1.40 bits per heavy atom. The average Bonchev–Trinajstić information content (AvgIpc) is 2.96. The van der Waals surface area contributed by atoms with Crippen molar-refractivity contribution in [2.45, 2.75) is 19.1 Å². The molecule has 0 amide bonds. The van der Waals surface area contributed by atoms with Crippen LogP contribution in [-0.4, -0.2) is 39.9 Å². The van der Waals surface area contributed by atoms with Gasteiger partial charge in [-0.05, 0) is 17.7 Å². The van der Waals surface area contributed by atoms with Crippen molar-refractivity contribution in [2.75, 3.05) is 20.2 Å². The first-order valence-electron chi connectivity index (χ1n) is 6.76. The van der Waals surface area contributed by atoms with Gasteiger partial charge in [0.2, 0.25) is 0 Å². The first-order chi connectivity index (χ1) is 9.81. The highest BCUT2D eigenvalue weighted by Crippen LogP contribution is 2.26. The third kappa shape index (κ3) is 2.39. The van der Waals surface area contributed by atoms with Crippen LogP contribution in [0.15, 0.2) is 30.6 Å². The summed E-state index contributed by atoms with van der Waals surface area (Å²) in [6, 6.07) is 8.28. The SMILES string of the molecule is COc1cccc(C(CN)N2CCn3cnnc3C2)c1.